The van der Waals surface area contributed by atoms with Crippen LogP contribution in [-0.2, 0) is 15.9 Å². The van der Waals surface area contributed by atoms with E-state index in [0.29, 0.717) is 17.3 Å². The van der Waals surface area contributed by atoms with E-state index >= 15 is 0 Å². The predicted molar refractivity (Wildman–Crippen MR) is 112 cm³/mol. The second-order valence-electron chi connectivity index (χ2n) is 6.67. The Balaban J connectivity index is 1.97. The first kappa shape index (κ1) is 20.6. The minimum Gasteiger partial charge on any atom is -0.495 e. The fourth-order valence-corrected chi connectivity index (χ4v) is 4.40. The smallest absolute Gasteiger partial charge is 0.169 e. The van der Waals surface area contributed by atoms with Crippen molar-refractivity contribution in [2.45, 2.75) is 31.1 Å². The molecule has 1 N–H and O–H groups in total. The van der Waals surface area contributed by atoms with Gasteiger partial charge >= 0.3 is 0 Å². The zero-order chi connectivity index (χ0) is 19.4. The molecule has 2 aromatic carbocycles. The summed E-state index contributed by atoms with van der Waals surface area (Å²) >= 11 is 9.85. The van der Waals surface area contributed by atoms with Crippen molar-refractivity contribution in [1.29, 1.82) is 0 Å². The minimum atomic E-state index is -0.267. The summed E-state index contributed by atoms with van der Waals surface area (Å²) in [5, 5.41) is 4.27. The van der Waals surface area contributed by atoms with Crippen LogP contribution in [0.1, 0.15) is 29.0 Å². The molecule has 0 bridgehead atoms. The average molecular weight is 455 g/mol. The highest BCUT2D eigenvalue weighted by Gasteiger charge is 2.31. The van der Waals surface area contributed by atoms with E-state index in [1.807, 2.05) is 12.1 Å². The summed E-state index contributed by atoms with van der Waals surface area (Å²) < 4.78 is 17.2. The largest absolute Gasteiger partial charge is 0.495 e. The Bertz CT molecular complexity index is 782. The van der Waals surface area contributed by atoms with Gasteiger partial charge in [0.15, 0.2) is 6.29 Å². The highest BCUT2D eigenvalue weighted by molar-refractivity contribution is 9.10. The molecule has 0 amide bonds. The molecule has 0 aromatic heterocycles. The average Bonchev–Trinajstić information content (AvgIpc) is 2.69. The SMILES string of the molecule is COc1cc([C@@H]2c3ccc(Br)cc3CC[C@@H]2NCC(OC)OC)ccc1Cl. The number of hydrogen-bond acceptors (Lipinski definition) is 4. The van der Waals surface area contributed by atoms with E-state index < -0.39 is 0 Å². The summed E-state index contributed by atoms with van der Waals surface area (Å²) in [6.07, 6.45) is 1.79. The summed E-state index contributed by atoms with van der Waals surface area (Å²) in [5.41, 5.74) is 3.89. The first-order chi connectivity index (χ1) is 13.1. The number of methoxy groups -OCH3 is 3. The van der Waals surface area contributed by atoms with Gasteiger partial charge in [-0.25, -0.2) is 0 Å². The van der Waals surface area contributed by atoms with E-state index in [1.165, 1.54) is 16.7 Å². The zero-order valence-electron chi connectivity index (χ0n) is 15.8. The van der Waals surface area contributed by atoms with Gasteiger partial charge in [0.1, 0.15) is 5.75 Å². The van der Waals surface area contributed by atoms with E-state index in [4.69, 9.17) is 25.8 Å². The molecule has 0 saturated heterocycles. The third kappa shape index (κ3) is 4.66. The highest BCUT2D eigenvalue weighted by Crippen LogP contribution is 2.40. The van der Waals surface area contributed by atoms with E-state index in [9.17, 15) is 0 Å². The van der Waals surface area contributed by atoms with Gasteiger partial charge in [-0.2, -0.15) is 0 Å². The van der Waals surface area contributed by atoms with Crippen molar-refractivity contribution in [3.05, 3.63) is 62.6 Å². The number of halogens is 2. The fourth-order valence-electron chi connectivity index (χ4n) is 3.80. The lowest BCUT2D eigenvalue weighted by molar-refractivity contribution is -0.100. The maximum absolute atomic E-state index is 6.25. The Kier molecular flexibility index (Phi) is 7.17. The molecule has 6 heteroatoms. The number of aryl methyl sites for hydroxylation is 1. The number of fused-ring (bicyclic) bond motifs is 1. The molecule has 2 aromatic rings. The minimum absolute atomic E-state index is 0.197. The highest BCUT2D eigenvalue weighted by atomic mass is 79.9. The maximum Gasteiger partial charge on any atom is 0.169 e. The quantitative estimate of drug-likeness (QED) is 0.612. The number of nitrogens with one attached hydrogen (secondary N) is 1. The van der Waals surface area contributed by atoms with Gasteiger partial charge < -0.3 is 19.5 Å². The molecule has 1 aliphatic rings. The summed E-state index contributed by atoms with van der Waals surface area (Å²) in [7, 11) is 4.96. The van der Waals surface area contributed by atoms with Crippen molar-refractivity contribution in [2.24, 2.45) is 0 Å². The first-order valence-electron chi connectivity index (χ1n) is 8.98. The molecule has 0 saturated carbocycles. The van der Waals surface area contributed by atoms with E-state index in [-0.39, 0.29) is 18.2 Å². The lowest BCUT2D eigenvalue weighted by Gasteiger charge is -2.36. The normalized spacial score (nSPS) is 19.2. The molecular weight excluding hydrogens is 430 g/mol. The third-order valence-corrected chi connectivity index (χ3v) is 5.98. The maximum atomic E-state index is 6.25. The summed E-state index contributed by atoms with van der Waals surface area (Å²) in [4.78, 5) is 0. The standard InChI is InChI=1S/C21H25BrClNO3/c1-25-19-11-14(4-8-17(19)23)21-16-7-6-15(22)10-13(16)5-9-18(21)24-12-20(26-2)27-3/h4,6-8,10-11,18,20-21,24H,5,9,12H2,1-3H3/t18-,21+/m0/s1. The van der Waals surface area contributed by atoms with Crippen molar-refractivity contribution in [2.75, 3.05) is 27.9 Å². The molecule has 0 aliphatic heterocycles. The molecule has 2 atom stereocenters. The molecule has 146 valence electrons. The molecule has 0 spiro atoms. The van der Waals surface area contributed by atoms with Crippen LogP contribution in [0, 0.1) is 0 Å². The summed E-state index contributed by atoms with van der Waals surface area (Å²) in [6, 6.07) is 12.8. The van der Waals surface area contributed by atoms with Crippen LogP contribution in [0.3, 0.4) is 0 Å². The lowest BCUT2D eigenvalue weighted by Crippen LogP contribution is -2.43. The predicted octanol–water partition coefficient (Wildman–Crippen LogP) is 4.77. The molecule has 4 nitrogen and oxygen atoms in total. The molecule has 0 unspecified atom stereocenters. The van der Waals surface area contributed by atoms with Gasteiger partial charge in [-0.1, -0.05) is 39.7 Å². The van der Waals surface area contributed by atoms with Crippen LogP contribution < -0.4 is 10.1 Å². The number of rotatable bonds is 7. The van der Waals surface area contributed by atoms with Crippen LogP contribution in [0.2, 0.25) is 5.02 Å². The molecule has 0 radical (unpaired) electrons. The number of hydrogen-bond donors (Lipinski definition) is 1. The van der Waals surface area contributed by atoms with E-state index in [1.54, 1.807) is 21.3 Å². The van der Waals surface area contributed by atoms with Crippen LogP contribution in [0.4, 0.5) is 0 Å². The molecule has 1 aliphatic carbocycles. The summed E-state index contributed by atoms with van der Waals surface area (Å²) in [6.45, 7) is 0.630. The van der Waals surface area contributed by atoms with Gasteiger partial charge in [0.25, 0.3) is 0 Å². The van der Waals surface area contributed by atoms with Gasteiger partial charge in [-0.3, -0.25) is 0 Å². The molecule has 27 heavy (non-hydrogen) atoms. The van der Waals surface area contributed by atoms with Crippen molar-refractivity contribution < 1.29 is 14.2 Å². The van der Waals surface area contributed by atoms with Crippen LogP contribution >= 0.6 is 27.5 Å². The van der Waals surface area contributed by atoms with Gasteiger partial charge in [0, 0.05) is 37.2 Å². The number of ether oxygens (including phenoxy) is 3. The summed E-state index contributed by atoms with van der Waals surface area (Å²) in [5.74, 6) is 0.895. The van der Waals surface area contributed by atoms with Crippen molar-refractivity contribution in [1.82, 2.24) is 5.32 Å². The van der Waals surface area contributed by atoms with Gasteiger partial charge in [0.05, 0.1) is 12.1 Å². The molecular formula is C21H25BrClNO3. The molecule has 0 fully saturated rings. The van der Waals surface area contributed by atoms with Crippen LogP contribution in [0.5, 0.6) is 5.75 Å². The van der Waals surface area contributed by atoms with Gasteiger partial charge in [-0.15, -0.1) is 0 Å². The van der Waals surface area contributed by atoms with Crippen molar-refractivity contribution >= 4 is 27.5 Å². The van der Waals surface area contributed by atoms with Crippen LogP contribution in [0.15, 0.2) is 40.9 Å². The van der Waals surface area contributed by atoms with Gasteiger partial charge in [0.2, 0.25) is 0 Å². The van der Waals surface area contributed by atoms with Gasteiger partial charge in [-0.05, 0) is 53.8 Å². The molecule has 0 heterocycles. The Morgan fingerprint density at radius 2 is 1.93 bits per heavy atom. The van der Waals surface area contributed by atoms with E-state index in [0.717, 1.165) is 17.3 Å². The zero-order valence-corrected chi connectivity index (χ0v) is 18.1. The Morgan fingerprint density at radius 3 is 2.63 bits per heavy atom. The second kappa shape index (κ2) is 9.39. The van der Waals surface area contributed by atoms with Crippen molar-refractivity contribution in [3.8, 4) is 5.75 Å². The topological polar surface area (TPSA) is 39.7 Å². The first-order valence-corrected chi connectivity index (χ1v) is 10.1. The lowest BCUT2D eigenvalue weighted by atomic mass is 9.75. The van der Waals surface area contributed by atoms with E-state index in [2.05, 4.69) is 45.5 Å². The Labute approximate surface area is 174 Å². The second-order valence-corrected chi connectivity index (χ2v) is 7.99. The van der Waals surface area contributed by atoms with Crippen molar-refractivity contribution in [3.63, 3.8) is 0 Å². The Morgan fingerprint density at radius 1 is 1.15 bits per heavy atom. The fraction of sp³-hybridized carbons (Fsp3) is 0.429. The van der Waals surface area contributed by atoms with Crippen LogP contribution in [-0.4, -0.2) is 40.2 Å². The van der Waals surface area contributed by atoms with Crippen LogP contribution in [0.25, 0.3) is 0 Å². The Hall–Kier alpha value is -1.11. The number of benzene rings is 2. The third-order valence-electron chi connectivity index (χ3n) is 5.17. The molecule has 3 rings (SSSR count). The monoisotopic (exact) mass is 453 g/mol.